The van der Waals surface area contributed by atoms with Gasteiger partial charge < -0.3 is 4.90 Å². The Morgan fingerprint density at radius 2 is 1.50 bits per heavy atom. The van der Waals surface area contributed by atoms with Crippen molar-refractivity contribution >= 4 is 22.9 Å². The van der Waals surface area contributed by atoms with E-state index in [0.29, 0.717) is 17.4 Å². The maximum atomic E-state index is 13.8. The highest BCUT2D eigenvalue weighted by molar-refractivity contribution is 5.96. The molecule has 1 saturated heterocycles. The number of carbonyl (C=O) groups is 1. The van der Waals surface area contributed by atoms with Gasteiger partial charge in [-0.2, -0.15) is 0 Å². The molecule has 1 amide bonds. The summed E-state index contributed by atoms with van der Waals surface area (Å²) in [6, 6.07) is 20.7. The van der Waals surface area contributed by atoms with Crippen LogP contribution in [0, 0.1) is 31.5 Å². The second-order valence-electron chi connectivity index (χ2n) is 11.6. The SMILES string of the molecule is C/C=C(/c1cccc(F)c1)c1ccc(C(=O)N2CCC(C(=Nc3ccccc3C)C(C)C)CC2)cc1C.CC(F)F.CCC(F)F. The molecule has 1 fully saturated rings. The number of halogens is 5. The number of aliphatic imine (C=N–C) groups is 1. The van der Waals surface area contributed by atoms with E-state index in [1.54, 1.807) is 12.1 Å². The summed E-state index contributed by atoms with van der Waals surface area (Å²) >= 11 is 0. The second kappa shape index (κ2) is 19.0. The topological polar surface area (TPSA) is 32.7 Å². The zero-order chi connectivity index (χ0) is 34.4. The average molecular weight is 643 g/mol. The van der Waals surface area contributed by atoms with Gasteiger partial charge in [-0.1, -0.05) is 63.2 Å². The quantitative estimate of drug-likeness (QED) is 0.186. The van der Waals surface area contributed by atoms with Crippen molar-refractivity contribution in [3.8, 4) is 0 Å². The molecule has 0 aromatic heterocycles. The van der Waals surface area contributed by atoms with E-state index >= 15 is 0 Å². The summed E-state index contributed by atoms with van der Waals surface area (Å²) in [4.78, 5) is 20.4. The smallest absolute Gasteiger partial charge is 0.253 e. The lowest BCUT2D eigenvalue weighted by molar-refractivity contribution is 0.0709. The Morgan fingerprint density at radius 1 is 0.891 bits per heavy atom. The van der Waals surface area contributed by atoms with Crippen LogP contribution in [0.25, 0.3) is 5.57 Å². The Balaban J connectivity index is 0.000000723. The van der Waals surface area contributed by atoms with Crippen LogP contribution in [-0.2, 0) is 0 Å². The molecule has 8 heteroatoms. The van der Waals surface area contributed by atoms with Crippen LogP contribution in [0.2, 0.25) is 0 Å². The summed E-state index contributed by atoms with van der Waals surface area (Å²) in [5.74, 6) is 0.564. The van der Waals surface area contributed by atoms with Crippen molar-refractivity contribution in [3.05, 3.63) is 106 Å². The van der Waals surface area contributed by atoms with E-state index in [1.165, 1.54) is 24.3 Å². The first-order valence-electron chi connectivity index (χ1n) is 15.8. The number of amides is 1. The number of carbonyl (C=O) groups excluding carboxylic acids is 1. The van der Waals surface area contributed by atoms with Crippen molar-refractivity contribution < 1.29 is 26.7 Å². The highest BCUT2D eigenvalue weighted by atomic mass is 19.3. The molecule has 1 heterocycles. The third-order valence-corrected chi connectivity index (χ3v) is 7.65. The lowest BCUT2D eigenvalue weighted by atomic mass is 9.86. The minimum absolute atomic E-state index is 0.0278. The molecule has 0 saturated carbocycles. The largest absolute Gasteiger partial charge is 0.339 e. The summed E-state index contributed by atoms with van der Waals surface area (Å²) in [5.41, 5.74) is 7.98. The van der Waals surface area contributed by atoms with Gasteiger partial charge in [-0.25, -0.2) is 22.0 Å². The maximum Gasteiger partial charge on any atom is 0.253 e. The third kappa shape index (κ3) is 11.8. The predicted molar refractivity (Wildman–Crippen MR) is 180 cm³/mol. The van der Waals surface area contributed by atoms with Gasteiger partial charge in [-0.15, -0.1) is 0 Å². The van der Waals surface area contributed by atoms with E-state index < -0.39 is 12.9 Å². The molecule has 250 valence electrons. The molecule has 46 heavy (non-hydrogen) atoms. The van der Waals surface area contributed by atoms with E-state index in [0.717, 1.165) is 60.8 Å². The van der Waals surface area contributed by atoms with Gasteiger partial charge in [0.1, 0.15) is 5.82 Å². The molecule has 1 aliphatic heterocycles. The number of alkyl halides is 4. The number of nitrogens with zero attached hydrogens (tertiary/aromatic N) is 2. The van der Waals surface area contributed by atoms with Gasteiger partial charge in [0.2, 0.25) is 12.9 Å². The molecule has 0 N–H and O–H groups in total. The van der Waals surface area contributed by atoms with E-state index in [4.69, 9.17) is 4.99 Å². The maximum absolute atomic E-state index is 13.8. The minimum Gasteiger partial charge on any atom is -0.339 e. The summed E-state index contributed by atoms with van der Waals surface area (Å²) in [7, 11) is 0. The van der Waals surface area contributed by atoms with E-state index in [1.807, 2.05) is 61.2 Å². The minimum atomic E-state index is -2.17. The molecule has 1 aliphatic rings. The highest BCUT2D eigenvalue weighted by Crippen LogP contribution is 2.30. The van der Waals surface area contributed by atoms with E-state index in [9.17, 15) is 26.7 Å². The Kier molecular flexibility index (Phi) is 15.8. The van der Waals surface area contributed by atoms with Crippen LogP contribution in [0.5, 0.6) is 0 Å². The monoisotopic (exact) mass is 642 g/mol. The molecular formula is C38H47F5N2O. The molecular weight excluding hydrogens is 595 g/mol. The van der Waals surface area contributed by atoms with Crippen LogP contribution in [0.1, 0.15) is 86.5 Å². The number of hydrogen-bond donors (Lipinski definition) is 0. The zero-order valence-corrected chi connectivity index (χ0v) is 28.0. The number of para-hydroxylation sites is 1. The summed E-state index contributed by atoms with van der Waals surface area (Å²) < 4.78 is 56.0. The van der Waals surface area contributed by atoms with Gasteiger partial charge in [-0.05, 0) is 105 Å². The fraction of sp³-hybridized carbons (Fsp3) is 0.421. The van der Waals surface area contributed by atoms with Gasteiger partial charge in [0.15, 0.2) is 0 Å². The molecule has 3 aromatic rings. The molecule has 4 rings (SSSR count). The van der Waals surface area contributed by atoms with Crippen molar-refractivity contribution in [2.75, 3.05) is 13.1 Å². The Bertz CT molecular complexity index is 1450. The number of hydrogen-bond acceptors (Lipinski definition) is 2. The number of likely N-dealkylation sites (tertiary alicyclic amines) is 1. The van der Waals surface area contributed by atoms with Gasteiger partial charge in [0.05, 0.1) is 5.69 Å². The number of piperidine rings is 1. The number of aryl methyl sites for hydroxylation is 2. The summed E-state index contributed by atoms with van der Waals surface area (Å²) in [5, 5.41) is 0. The number of benzene rings is 3. The van der Waals surface area contributed by atoms with E-state index in [2.05, 4.69) is 32.9 Å². The summed E-state index contributed by atoms with van der Waals surface area (Å²) in [6.45, 7) is 14.2. The lowest BCUT2D eigenvalue weighted by Crippen LogP contribution is -2.41. The van der Waals surface area contributed by atoms with Crippen LogP contribution in [0.3, 0.4) is 0 Å². The highest BCUT2D eigenvalue weighted by Gasteiger charge is 2.28. The van der Waals surface area contributed by atoms with Crippen molar-refractivity contribution in [2.45, 2.75) is 80.6 Å². The number of rotatable bonds is 7. The Morgan fingerprint density at radius 3 is 2.00 bits per heavy atom. The lowest BCUT2D eigenvalue weighted by Gasteiger charge is -2.34. The summed E-state index contributed by atoms with van der Waals surface area (Å²) in [6.07, 6.45) is -0.467. The van der Waals surface area contributed by atoms with Gasteiger partial charge >= 0.3 is 0 Å². The normalized spacial score (nSPS) is 14.2. The zero-order valence-electron chi connectivity index (χ0n) is 28.0. The van der Waals surface area contributed by atoms with Crippen LogP contribution < -0.4 is 0 Å². The van der Waals surface area contributed by atoms with Crippen molar-refractivity contribution in [3.63, 3.8) is 0 Å². The molecule has 0 unspecified atom stereocenters. The average Bonchev–Trinajstić information content (AvgIpc) is 3.01. The van der Waals surface area contributed by atoms with Crippen molar-refractivity contribution in [2.24, 2.45) is 16.8 Å². The van der Waals surface area contributed by atoms with Crippen molar-refractivity contribution in [1.82, 2.24) is 4.90 Å². The molecule has 0 spiro atoms. The fourth-order valence-corrected chi connectivity index (χ4v) is 5.31. The molecule has 3 aromatic carbocycles. The van der Waals surface area contributed by atoms with Crippen molar-refractivity contribution in [1.29, 1.82) is 0 Å². The predicted octanol–water partition coefficient (Wildman–Crippen LogP) is 11.1. The molecule has 0 bridgehead atoms. The first kappa shape index (κ1) is 38.4. The Hall–Kier alpha value is -3.81. The molecule has 3 nitrogen and oxygen atoms in total. The fourth-order valence-electron chi connectivity index (χ4n) is 5.31. The third-order valence-electron chi connectivity index (χ3n) is 7.65. The van der Waals surface area contributed by atoms with Crippen LogP contribution in [-0.4, -0.2) is 42.5 Å². The Labute approximate surface area is 271 Å². The number of allylic oxidation sites excluding steroid dienone is 1. The molecule has 0 aliphatic carbocycles. The first-order valence-corrected chi connectivity index (χ1v) is 15.8. The van der Waals surface area contributed by atoms with Crippen LogP contribution >= 0.6 is 0 Å². The van der Waals surface area contributed by atoms with E-state index in [-0.39, 0.29) is 18.1 Å². The van der Waals surface area contributed by atoms with Crippen LogP contribution in [0.15, 0.2) is 77.8 Å². The van der Waals surface area contributed by atoms with Gasteiger partial charge in [0, 0.05) is 36.7 Å². The molecule has 0 radical (unpaired) electrons. The molecule has 0 atom stereocenters. The first-order chi connectivity index (χ1) is 21.8. The standard InChI is InChI=1S/C33H37FN2O.C3H6F2.C2H4F2/c1-6-29(26-11-9-12-28(34)21-26)30-15-14-27(20-24(30)5)33(37)36-18-16-25(17-19-36)32(22(2)3)35-31-13-8-7-10-23(31)4;1-2-3(4)5;1-2(3)4/h6-15,20-22,25H,16-19H2,1-5H3;3H,2H2,1H3;2H,1H3/b29-6-,35-32?;;. The van der Waals surface area contributed by atoms with Gasteiger partial charge in [-0.3, -0.25) is 9.79 Å². The van der Waals surface area contributed by atoms with Crippen LogP contribution in [0.4, 0.5) is 27.6 Å². The second-order valence-corrected chi connectivity index (χ2v) is 11.6. The van der Waals surface area contributed by atoms with Gasteiger partial charge in [0.25, 0.3) is 5.91 Å².